The number of β-amino-alcohol motifs (C(OH)–C–C–N with tert-alkyl or cyclic N) is 1. The molecule has 2 fully saturated rings. The van der Waals surface area contributed by atoms with Crippen LogP contribution in [-0.4, -0.2) is 94.7 Å². The number of aryl methyl sites for hydroxylation is 2. The molecule has 3 amide bonds. The van der Waals surface area contributed by atoms with Crippen LogP contribution in [0.25, 0.3) is 10.4 Å². The molecule has 1 aromatic heterocycles. The van der Waals surface area contributed by atoms with Crippen LogP contribution in [0.4, 0.5) is 0 Å². The van der Waals surface area contributed by atoms with Gasteiger partial charge in [0.2, 0.25) is 11.8 Å². The van der Waals surface area contributed by atoms with Gasteiger partial charge in [-0.05, 0) is 92.5 Å². The van der Waals surface area contributed by atoms with E-state index in [1.165, 1.54) is 4.90 Å². The highest BCUT2D eigenvalue weighted by Crippen LogP contribution is 2.55. The molecule has 0 unspecified atom stereocenters. The van der Waals surface area contributed by atoms with Crippen molar-refractivity contribution in [3.63, 3.8) is 0 Å². The number of hydrogen-bond acceptors (Lipinski definition) is 11. The summed E-state index contributed by atoms with van der Waals surface area (Å²) in [6.45, 7) is 17.9. The van der Waals surface area contributed by atoms with Crippen LogP contribution in [0.5, 0.6) is 11.5 Å². The second kappa shape index (κ2) is 22.0. The van der Waals surface area contributed by atoms with Gasteiger partial charge in [-0.25, -0.2) is 4.98 Å². The predicted octanol–water partition coefficient (Wildman–Crippen LogP) is 8.90. The molecule has 13 nitrogen and oxygen atoms in total. The van der Waals surface area contributed by atoms with Crippen molar-refractivity contribution in [3.05, 3.63) is 99.6 Å². The second-order valence-corrected chi connectivity index (χ2v) is 21.7. The fourth-order valence-electron chi connectivity index (χ4n) is 9.75. The van der Waals surface area contributed by atoms with Gasteiger partial charge in [0.1, 0.15) is 36.3 Å². The topological polar surface area (TPSA) is 180 Å². The number of aromatic nitrogens is 1. The molecule has 1 aliphatic carbocycles. The Balaban J connectivity index is 0.895. The molecular formula is C53H66ClN5O8S. The monoisotopic (exact) mass is 967 g/mol. The van der Waals surface area contributed by atoms with Gasteiger partial charge in [0.15, 0.2) is 5.78 Å². The lowest BCUT2D eigenvalue weighted by Crippen LogP contribution is -2.74. The lowest BCUT2D eigenvalue weighted by Gasteiger charge is -2.63. The standard InChI is InChI=1S/C53H66ClN5O8S/c1-32(12-10-11-25-65-39-21-18-36(19-22-39)47(63)58-49-52(6,7)50(53(49,8)9)67-40-23-20-37(28-55)41(54)27-40)66-30-44(62)57-46(51(3,4)5)48(64)59-29-38(60)26-42(59)43(61)24-15-34-13-16-35(17-14-34)45-33(2)56-31-68-45/h13-14,16-23,27,31-32,38,42,46,49-50,60H,10-12,15,24-26,29-30H2,1-9H3,(H,57,62)(H,58,63)/t32-,38-,42+,46-,49?,50?/m1/s1. The number of unbranched alkanes of at least 4 members (excludes halogenated alkanes) is 1. The number of nitriles is 1. The fourth-order valence-corrected chi connectivity index (χ4v) is 10.8. The number of benzene rings is 3. The Hall–Kier alpha value is -5.33. The summed E-state index contributed by atoms with van der Waals surface area (Å²) < 4.78 is 18.2. The molecule has 1 saturated carbocycles. The van der Waals surface area contributed by atoms with Gasteiger partial charge in [0, 0.05) is 47.9 Å². The first-order valence-electron chi connectivity index (χ1n) is 23.4. The molecule has 3 aromatic carbocycles. The third-order valence-electron chi connectivity index (χ3n) is 13.3. The number of aliphatic hydroxyl groups is 1. The minimum absolute atomic E-state index is 0.0240. The number of likely N-dealkylation sites (tertiary alicyclic amines) is 1. The van der Waals surface area contributed by atoms with E-state index in [1.807, 2.05) is 64.4 Å². The van der Waals surface area contributed by atoms with E-state index in [0.717, 1.165) is 34.5 Å². The van der Waals surface area contributed by atoms with E-state index in [1.54, 1.807) is 53.8 Å². The molecule has 15 heteroatoms. The van der Waals surface area contributed by atoms with Gasteiger partial charge in [0.25, 0.3) is 5.91 Å². The third kappa shape index (κ3) is 12.5. The number of thiazole rings is 1. The minimum atomic E-state index is -0.935. The molecule has 1 aliphatic heterocycles. The van der Waals surface area contributed by atoms with Crippen LogP contribution in [0.2, 0.25) is 5.02 Å². The smallest absolute Gasteiger partial charge is 0.251 e. The number of Topliss-reactive ketones (excluding diaryl/α,β-unsaturated/α-hetero) is 1. The number of hydrogen-bond donors (Lipinski definition) is 3. The Kier molecular flexibility index (Phi) is 16.8. The Morgan fingerprint density at radius 3 is 2.29 bits per heavy atom. The van der Waals surface area contributed by atoms with Gasteiger partial charge in [-0.2, -0.15) is 5.26 Å². The highest BCUT2D eigenvalue weighted by molar-refractivity contribution is 7.13. The molecule has 364 valence electrons. The molecule has 4 aromatic rings. The number of ether oxygens (including phenoxy) is 3. The lowest BCUT2D eigenvalue weighted by atomic mass is 9.49. The number of carbonyl (C=O) groups excluding carboxylic acids is 4. The molecule has 0 radical (unpaired) electrons. The number of nitrogens with zero attached hydrogens (tertiary/aromatic N) is 3. The maximum absolute atomic E-state index is 14.1. The highest BCUT2D eigenvalue weighted by Gasteiger charge is 2.64. The van der Waals surface area contributed by atoms with Crippen LogP contribution >= 0.6 is 22.9 Å². The average Bonchev–Trinajstić information content (AvgIpc) is 3.92. The lowest BCUT2D eigenvalue weighted by molar-refractivity contribution is -0.164. The van der Waals surface area contributed by atoms with Crippen LogP contribution in [0, 0.1) is 34.5 Å². The largest absolute Gasteiger partial charge is 0.494 e. The van der Waals surface area contributed by atoms with Crippen LogP contribution < -0.4 is 20.1 Å². The van der Waals surface area contributed by atoms with Gasteiger partial charge in [0.05, 0.1) is 51.5 Å². The maximum atomic E-state index is 14.1. The molecule has 2 heterocycles. The number of halogens is 1. The zero-order valence-electron chi connectivity index (χ0n) is 40.7. The summed E-state index contributed by atoms with van der Waals surface area (Å²) in [6, 6.07) is 20.3. The quantitative estimate of drug-likeness (QED) is 0.0724. The van der Waals surface area contributed by atoms with Crippen molar-refractivity contribution >= 4 is 46.4 Å². The molecule has 1 saturated heterocycles. The summed E-state index contributed by atoms with van der Waals surface area (Å²) in [4.78, 5) is 61.1. The van der Waals surface area contributed by atoms with Crippen LogP contribution in [0.1, 0.15) is 115 Å². The zero-order chi connectivity index (χ0) is 49.6. The number of nitrogens with one attached hydrogen (secondary N) is 2. The van der Waals surface area contributed by atoms with Crippen molar-refractivity contribution in [2.24, 2.45) is 16.2 Å². The Morgan fingerprint density at radius 2 is 1.68 bits per heavy atom. The first kappa shape index (κ1) is 52.0. The Bertz CT molecular complexity index is 2440. The highest BCUT2D eigenvalue weighted by atomic mass is 35.5. The van der Waals surface area contributed by atoms with Gasteiger partial charge in [-0.15, -0.1) is 11.3 Å². The van der Waals surface area contributed by atoms with Crippen LogP contribution in [-0.2, 0) is 25.5 Å². The van der Waals surface area contributed by atoms with Crippen molar-refractivity contribution in [2.75, 3.05) is 19.8 Å². The third-order valence-corrected chi connectivity index (χ3v) is 14.6. The normalized spacial score (nSPS) is 20.4. The van der Waals surface area contributed by atoms with Crippen molar-refractivity contribution in [2.45, 2.75) is 137 Å². The molecule has 6 rings (SSSR count). The molecule has 0 bridgehead atoms. The van der Waals surface area contributed by atoms with Gasteiger partial charge >= 0.3 is 0 Å². The Morgan fingerprint density at radius 1 is 1.00 bits per heavy atom. The van der Waals surface area contributed by atoms with E-state index in [0.29, 0.717) is 47.1 Å². The SMILES string of the molecule is Cc1ncsc1-c1ccc(CCC(=O)[C@@H]2C[C@@H](O)CN2C(=O)[C@@H](NC(=O)CO[C@H](C)CCCCOc2ccc(C(=O)NC3C(C)(C)C(Oc4ccc(C#N)c(Cl)c4)C3(C)C)cc2)C(C)(C)C)cc1. The van der Waals surface area contributed by atoms with Crippen LogP contribution in [0.15, 0.2) is 72.2 Å². The second-order valence-electron chi connectivity index (χ2n) is 20.5. The summed E-state index contributed by atoms with van der Waals surface area (Å²) in [5, 5.41) is 26.2. The maximum Gasteiger partial charge on any atom is 0.251 e. The van der Waals surface area contributed by atoms with E-state index >= 15 is 0 Å². The van der Waals surface area contributed by atoms with Crippen molar-refractivity contribution in [3.8, 4) is 28.0 Å². The number of carbonyl (C=O) groups is 4. The first-order valence-corrected chi connectivity index (χ1v) is 24.7. The molecule has 68 heavy (non-hydrogen) atoms. The number of ketones is 1. The van der Waals surface area contributed by atoms with Gasteiger partial charge in [-0.3, -0.25) is 19.2 Å². The molecular weight excluding hydrogens is 902 g/mol. The van der Waals surface area contributed by atoms with Crippen molar-refractivity contribution in [1.82, 2.24) is 20.5 Å². The zero-order valence-corrected chi connectivity index (χ0v) is 42.3. The van der Waals surface area contributed by atoms with Crippen molar-refractivity contribution < 1.29 is 38.5 Å². The van der Waals surface area contributed by atoms with Gasteiger partial charge in [-0.1, -0.05) is 84.3 Å². The van der Waals surface area contributed by atoms with E-state index in [9.17, 15) is 29.5 Å². The van der Waals surface area contributed by atoms with Gasteiger partial charge < -0.3 is 34.9 Å². The van der Waals surface area contributed by atoms with E-state index < -0.39 is 35.4 Å². The number of amides is 3. The fraction of sp³-hybridized carbons (Fsp3) is 0.509. The number of aliphatic hydroxyl groups excluding tert-OH is 1. The Labute approximate surface area is 409 Å². The summed E-state index contributed by atoms with van der Waals surface area (Å²) in [7, 11) is 0. The predicted molar refractivity (Wildman–Crippen MR) is 264 cm³/mol. The molecule has 0 spiro atoms. The van der Waals surface area contributed by atoms with E-state index in [2.05, 4.69) is 49.4 Å². The summed E-state index contributed by atoms with van der Waals surface area (Å²) in [5.74, 6) is 0.0758. The van der Waals surface area contributed by atoms with Crippen LogP contribution in [0.3, 0.4) is 0 Å². The first-order chi connectivity index (χ1) is 32.1. The summed E-state index contributed by atoms with van der Waals surface area (Å²) in [5.41, 5.74) is 4.32. The number of rotatable bonds is 20. The summed E-state index contributed by atoms with van der Waals surface area (Å²) >= 11 is 7.83. The minimum Gasteiger partial charge on any atom is -0.494 e. The van der Waals surface area contributed by atoms with E-state index in [-0.39, 0.29) is 66.8 Å². The van der Waals surface area contributed by atoms with Crippen molar-refractivity contribution in [1.29, 1.82) is 5.26 Å². The molecule has 2 aliphatic rings. The molecule has 4 atom stereocenters. The average molecular weight is 969 g/mol. The molecule has 3 N–H and O–H groups in total. The van der Waals surface area contributed by atoms with E-state index in [4.69, 9.17) is 25.8 Å². The summed E-state index contributed by atoms with van der Waals surface area (Å²) in [6.07, 6.45) is 1.82.